The first-order valence-electron chi connectivity index (χ1n) is 13.2. The zero-order chi connectivity index (χ0) is 29.8. The van der Waals surface area contributed by atoms with Crippen molar-refractivity contribution in [1.29, 1.82) is 0 Å². The van der Waals surface area contributed by atoms with E-state index in [2.05, 4.69) is 10.0 Å². The maximum atomic E-state index is 12.8. The van der Waals surface area contributed by atoms with Gasteiger partial charge in [-0.05, 0) is 86.3 Å². The Hall–Kier alpha value is -3.66. The summed E-state index contributed by atoms with van der Waals surface area (Å²) in [5, 5.41) is 4.49. The van der Waals surface area contributed by atoms with Crippen molar-refractivity contribution < 1.29 is 22.7 Å². The van der Waals surface area contributed by atoms with Crippen LogP contribution in [0.1, 0.15) is 47.8 Å². The average molecular weight is 596 g/mol. The molecule has 0 atom stereocenters. The third kappa shape index (κ3) is 8.66. The van der Waals surface area contributed by atoms with E-state index in [0.717, 1.165) is 28.4 Å². The minimum absolute atomic E-state index is 0.0457. The lowest BCUT2D eigenvalue weighted by molar-refractivity contribution is -0.153. The summed E-state index contributed by atoms with van der Waals surface area (Å²) in [5.41, 5.74) is 4.03. The molecule has 0 spiro atoms. The number of fused-ring (bicyclic) bond motifs is 1. The Balaban J connectivity index is 1.55. The van der Waals surface area contributed by atoms with Crippen LogP contribution in [-0.2, 0) is 38.9 Å². The first-order chi connectivity index (χ1) is 19.3. The van der Waals surface area contributed by atoms with Gasteiger partial charge >= 0.3 is 5.97 Å². The molecule has 1 amide bonds. The summed E-state index contributed by atoms with van der Waals surface area (Å²) >= 11 is 5.94. The van der Waals surface area contributed by atoms with E-state index in [1.54, 1.807) is 6.07 Å². The van der Waals surface area contributed by atoms with Gasteiger partial charge in [0.15, 0.2) is 0 Å². The predicted molar refractivity (Wildman–Crippen MR) is 162 cm³/mol. The standard InChI is InChI=1S/C31H34ClN3O5S/c1-31(2,3)40-29(36)18-22-7-11-28(25(17-22)20-34-41(4,38)39)35-16-14-23-19-24(8-12-27(23)35)30(37)33-15-13-21-5-9-26(32)10-6-21/h5-12,14,16-17,19,34H,13,15,18,20H2,1-4H3,(H,33,37). The fourth-order valence-corrected chi connectivity index (χ4v) is 4.99. The second-order valence-corrected chi connectivity index (χ2v) is 13.2. The van der Waals surface area contributed by atoms with Gasteiger partial charge in [0.1, 0.15) is 5.60 Å². The van der Waals surface area contributed by atoms with Crippen LogP contribution >= 0.6 is 11.6 Å². The van der Waals surface area contributed by atoms with E-state index in [-0.39, 0.29) is 24.8 Å². The molecule has 41 heavy (non-hydrogen) atoms. The molecule has 0 aliphatic heterocycles. The first kappa shape index (κ1) is 30.3. The molecular formula is C31H34ClN3O5S. The number of sulfonamides is 1. The minimum atomic E-state index is -3.45. The molecule has 0 unspecified atom stereocenters. The van der Waals surface area contributed by atoms with Crippen molar-refractivity contribution in [2.75, 3.05) is 12.8 Å². The molecule has 216 valence electrons. The lowest BCUT2D eigenvalue weighted by Crippen LogP contribution is -2.25. The number of nitrogens with one attached hydrogen (secondary N) is 2. The van der Waals surface area contributed by atoms with E-state index in [9.17, 15) is 18.0 Å². The summed E-state index contributed by atoms with van der Waals surface area (Å²) < 4.78 is 33.7. The molecule has 8 nitrogen and oxygen atoms in total. The van der Waals surface area contributed by atoms with Crippen LogP contribution in [0.4, 0.5) is 0 Å². The molecule has 10 heteroatoms. The van der Waals surface area contributed by atoms with Gasteiger partial charge in [-0.15, -0.1) is 0 Å². The highest BCUT2D eigenvalue weighted by Gasteiger charge is 2.18. The highest BCUT2D eigenvalue weighted by atomic mass is 35.5. The molecular weight excluding hydrogens is 562 g/mol. The molecule has 0 aliphatic rings. The van der Waals surface area contributed by atoms with Crippen LogP contribution in [0.15, 0.2) is 72.9 Å². The number of hydrogen-bond acceptors (Lipinski definition) is 5. The Morgan fingerprint density at radius 1 is 0.951 bits per heavy atom. The highest BCUT2D eigenvalue weighted by Crippen LogP contribution is 2.26. The van der Waals surface area contributed by atoms with Crippen LogP contribution in [0, 0.1) is 0 Å². The van der Waals surface area contributed by atoms with E-state index in [0.29, 0.717) is 34.7 Å². The maximum absolute atomic E-state index is 12.8. The zero-order valence-corrected chi connectivity index (χ0v) is 25.1. The second-order valence-electron chi connectivity index (χ2n) is 10.9. The lowest BCUT2D eigenvalue weighted by atomic mass is 10.1. The Morgan fingerprint density at radius 2 is 1.66 bits per heavy atom. The molecule has 4 aromatic rings. The third-order valence-electron chi connectivity index (χ3n) is 6.26. The molecule has 1 heterocycles. The normalized spacial score (nSPS) is 11.9. The molecule has 3 aromatic carbocycles. The Labute approximate surface area is 245 Å². The summed E-state index contributed by atoms with van der Waals surface area (Å²) in [5.74, 6) is -0.532. The van der Waals surface area contributed by atoms with Crippen molar-refractivity contribution >= 4 is 44.4 Å². The van der Waals surface area contributed by atoms with Crippen molar-refractivity contribution in [2.45, 2.75) is 45.8 Å². The number of aromatic nitrogens is 1. The van der Waals surface area contributed by atoms with Crippen molar-refractivity contribution in [3.8, 4) is 5.69 Å². The number of benzene rings is 3. The van der Waals surface area contributed by atoms with Crippen molar-refractivity contribution in [1.82, 2.24) is 14.6 Å². The van der Waals surface area contributed by atoms with Gasteiger partial charge in [-0.25, -0.2) is 13.1 Å². The number of rotatable bonds is 10. The topological polar surface area (TPSA) is 106 Å². The number of ether oxygens (including phenoxy) is 1. The van der Waals surface area contributed by atoms with Crippen LogP contribution in [0.25, 0.3) is 16.6 Å². The van der Waals surface area contributed by atoms with Gasteiger partial charge in [-0.1, -0.05) is 35.9 Å². The lowest BCUT2D eigenvalue weighted by Gasteiger charge is -2.20. The van der Waals surface area contributed by atoms with Crippen LogP contribution in [0.2, 0.25) is 5.02 Å². The van der Waals surface area contributed by atoms with Crippen LogP contribution < -0.4 is 10.0 Å². The summed E-state index contributed by atoms with van der Waals surface area (Å²) in [6.07, 6.45) is 3.73. The number of esters is 1. The average Bonchev–Trinajstić information content (AvgIpc) is 3.30. The van der Waals surface area contributed by atoms with Crippen molar-refractivity contribution in [2.24, 2.45) is 0 Å². The summed E-state index contributed by atoms with van der Waals surface area (Å²) in [4.78, 5) is 25.2. The Kier molecular flexibility index (Phi) is 9.21. The van der Waals surface area contributed by atoms with Gasteiger partial charge in [0.05, 0.1) is 23.9 Å². The molecule has 0 bridgehead atoms. The third-order valence-corrected chi connectivity index (χ3v) is 7.18. The number of hydrogen-bond donors (Lipinski definition) is 2. The van der Waals surface area contributed by atoms with Gasteiger partial charge < -0.3 is 14.6 Å². The quantitative estimate of drug-likeness (QED) is 0.245. The molecule has 0 fully saturated rings. The maximum Gasteiger partial charge on any atom is 0.310 e. The van der Waals surface area contributed by atoms with Crippen LogP contribution in [0.5, 0.6) is 0 Å². The molecule has 0 saturated heterocycles. The number of halogens is 1. The van der Waals surface area contributed by atoms with Gasteiger partial charge in [0.2, 0.25) is 10.0 Å². The Morgan fingerprint density at radius 3 is 2.34 bits per heavy atom. The predicted octanol–water partition coefficient (Wildman–Crippen LogP) is 5.19. The zero-order valence-electron chi connectivity index (χ0n) is 23.5. The number of carbonyl (C=O) groups excluding carboxylic acids is 2. The SMILES string of the molecule is CC(C)(C)OC(=O)Cc1ccc(-n2ccc3cc(C(=O)NCCc4ccc(Cl)cc4)ccc32)c(CNS(C)(=O)=O)c1. The summed E-state index contributed by atoms with van der Waals surface area (Å²) in [7, 11) is -3.45. The molecule has 0 aliphatic carbocycles. The van der Waals surface area contributed by atoms with Gasteiger partial charge in [-0.3, -0.25) is 9.59 Å². The smallest absolute Gasteiger partial charge is 0.310 e. The van der Waals surface area contributed by atoms with Crippen molar-refractivity contribution in [3.63, 3.8) is 0 Å². The van der Waals surface area contributed by atoms with Crippen LogP contribution in [0.3, 0.4) is 0 Å². The first-order valence-corrected chi connectivity index (χ1v) is 15.5. The van der Waals surface area contributed by atoms with E-state index in [4.69, 9.17) is 16.3 Å². The number of nitrogens with zero attached hydrogens (tertiary/aromatic N) is 1. The fraction of sp³-hybridized carbons (Fsp3) is 0.290. The minimum Gasteiger partial charge on any atom is -0.460 e. The van der Waals surface area contributed by atoms with E-state index < -0.39 is 15.6 Å². The molecule has 0 radical (unpaired) electrons. The van der Waals surface area contributed by atoms with Crippen molar-refractivity contribution in [3.05, 3.63) is 100 Å². The molecule has 0 saturated carbocycles. The molecule has 4 rings (SSSR count). The largest absolute Gasteiger partial charge is 0.460 e. The van der Waals surface area contributed by atoms with E-state index in [1.165, 1.54) is 0 Å². The van der Waals surface area contributed by atoms with Gasteiger partial charge in [0.25, 0.3) is 5.91 Å². The molecule has 1 aromatic heterocycles. The monoisotopic (exact) mass is 595 g/mol. The van der Waals surface area contributed by atoms with Gasteiger partial charge in [-0.2, -0.15) is 0 Å². The summed E-state index contributed by atoms with van der Waals surface area (Å²) in [6, 6.07) is 20.4. The highest BCUT2D eigenvalue weighted by molar-refractivity contribution is 7.88. The summed E-state index contributed by atoms with van der Waals surface area (Å²) in [6.45, 7) is 5.96. The van der Waals surface area contributed by atoms with Gasteiger partial charge in [0, 0.05) is 35.3 Å². The Bertz CT molecular complexity index is 1670. The second kappa shape index (κ2) is 12.5. The number of carbonyl (C=O) groups is 2. The molecule has 2 N–H and O–H groups in total. The van der Waals surface area contributed by atoms with E-state index in [1.807, 2.05) is 92.2 Å². The number of amides is 1. The van der Waals surface area contributed by atoms with Crippen LogP contribution in [-0.4, -0.2) is 43.3 Å². The fourth-order valence-electron chi connectivity index (χ4n) is 4.45. The van der Waals surface area contributed by atoms with E-state index >= 15 is 0 Å².